The van der Waals surface area contributed by atoms with Crippen molar-refractivity contribution in [3.63, 3.8) is 0 Å². The van der Waals surface area contributed by atoms with E-state index < -0.39 is 5.82 Å². The van der Waals surface area contributed by atoms with E-state index in [1.54, 1.807) is 30.2 Å². The number of carbonyl (C=O) groups excluding carboxylic acids is 1. The van der Waals surface area contributed by atoms with Crippen LogP contribution in [0.4, 0.5) is 4.39 Å². The first kappa shape index (κ1) is 13.1. The number of hydrogen-bond acceptors (Lipinski definition) is 3. The van der Waals surface area contributed by atoms with Gasteiger partial charge in [0, 0.05) is 41.7 Å². The van der Waals surface area contributed by atoms with E-state index in [0.717, 1.165) is 17.7 Å². The molecule has 0 bridgehead atoms. The molecule has 3 heterocycles. The van der Waals surface area contributed by atoms with Gasteiger partial charge in [-0.05, 0) is 13.0 Å². The molecule has 0 radical (unpaired) electrons. The second kappa shape index (κ2) is 4.69. The van der Waals surface area contributed by atoms with Crippen molar-refractivity contribution < 1.29 is 13.6 Å². The van der Waals surface area contributed by atoms with E-state index in [2.05, 4.69) is 10.2 Å². The maximum absolute atomic E-state index is 13.8. The van der Waals surface area contributed by atoms with Crippen LogP contribution in [0.3, 0.4) is 0 Å². The zero-order chi connectivity index (χ0) is 15.3. The van der Waals surface area contributed by atoms with Crippen molar-refractivity contribution in [2.45, 2.75) is 19.9 Å². The van der Waals surface area contributed by atoms with Crippen molar-refractivity contribution in [3.8, 4) is 0 Å². The van der Waals surface area contributed by atoms with Gasteiger partial charge < -0.3 is 9.32 Å². The van der Waals surface area contributed by atoms with Crippen molar-refractivity contribution in [1.29, 1.82) is 0 Å². The number of para-hydroxylation sites is 1. The highest BCUT2D eigenvalue weighted by Gasteiger charge is 2.27. The molecule has 0 fully saturated rings. The topological polar surface area (TPSA) is 62.1 Å². The van der Waals surface area contributed by atoms with Gasteiger partial charge in [0.15, 0.2) is 17.2 Å². The molecule has 6 heteroatoms. The van der Waals surface area contributed by atoms with Gasteiger partial charge >= 0.3 is 0 Å². The van der Waals surface area contributed by atoms with Gasteiger partial charge in [-0.15, -0.1) is 0 Å². The average Bonchev–Trinajstić information content (AvgIpc) is 3.12. The van der Waals surface area contributed by atoms with Crippen molar-refractivity contribution in [2.75, 3.05) is 6.54 Å². The summed E-state index contributed by atoms with van der Waals surface area (Å²) in [5, 5.41) is 7.58. The van der Waals surface area contributed by atoms with Crippen molar-refractivity contribution in [1.82, 2.24) is 15.1 Å². The van der Waals surface area contributed by atoms with Crippen molar-refractivity contribution in [3.05, 3.63) is 52.8 Å². The standard InChI is InChI=1S/C16H14FN3O2/c1-9-11-3-2-4-12(17)15(11)22-14(9)16(21)20-6-5-13-10(8-20)7-18-19-13/h2-4,7H,5-6,8H2,1H3,(H,18,19). The molecule has 0 aliphatic carbocycles. The lowest BCUT2D eigenvalue weighted by atomic mass is 10.1. The number of carbonyl (C=O) groups is 1. The molecule has 0 saturated heterocycles. The molecular weight excluding hydrogens is 285 g/mol. The number of nitrogens with one attached hydrogen (secondary N) is 1. The Hall–Kier alpha value is -2.63. The molecule has 0 spiro atoms. The number of hydrogen-bond donors (Lipinski definition) is 1. The van der Waals surface area contributed by atoms with Gasteiger partial charge in [0.25, 0.3) is 5.91 Å². The van der Waals surface area contributed by atoms with Crippen LogP contribution in [0.1, 0.15) is 27.4 Å². The maximum Gasteiger partial charge on any atom is 0.290 e. The lowest BCUT2D eigenvalue weighted by molar-refractivity contribution is 0.0703. The summed E-state index contributed by atoms with van der Waals surface area (Å²) >= 11 is 0. The number of rotatable bonds is 1. The third kappa shape index (κ3) is 1.83. The quantitative estimate of drug-likeness (QED) is 0.751. The molecule has 1 N–H and O–H groups in total. The van der Waals surface area contributed by atoms with Crippen LogP contribution in [-0.4, -0.2) is 27.5 Å². The predicted octanol–water partition coefficient (Wildman–Crippen LogP) is 2.80. The Kier molecular flexibility index (Phi) is 2.79. The fraction of sp³-hybridized carbons (Fsp3) is 0.250. The van der Waals surface area contributed by atoms with E-state index >= 15 is 0 Å². The fourth-order valence-electron chi connectivity index (χ4n) is 2.95. The molecule has 1 aromatic carbocycles. The maximum atomic E-state index is 13.8. The molecule has 112 valence electrons. The highest BCUT2D eigenvalue weighted by Crippen LogP contribution is 2.29. The Morgan fingerprint density at radius 3 is 3.14 bits per heavy atom. The molecule has 22 heavy (non-hydrogen) atoms. The van der Waals surface area contributed by atoms with Crippen LogP contribution < -0.4 is 0 Å². The van der Waals surface area contributed by atoms with E-state index in [0.29, 0.717) is 24.0 Å². The zero-order valence-corrected chi connectivity index (χ0v) is 12.0. The molecule has 0 atom stereocenters. The predicted molar refractivity (Wildman–Crippen MR) is 77.9 cm³/mol. The van der Waals surface area contributed by atoms with Gasteiger partial charge in [-0.3, -0.25) is 9.89 Å². The molecule has 5 nitrogen and oxygen atoms in total. The van der Waals surface area contributed by atoms with Gasteiger partial charge in [0.1, 0.15) is 0 Å². The first-order valence-corrected chi connectivity index (χ1v) is 7.13. The molecule has 1 aliphatic heterocycles. The molecule has 3 aromatic rings. The number of benzene rings is 1. The third-order valence-corrected chi connectivity index (χ3v) is 4.20. The monoisotopic (exact) mass is 299 g/mol. The smallest absolute Gasteiger partial charge is 0.290 e. The van der Waals surface area contributed by atoms with Crippen molar-refractivity contribution in [2.24, 2.45) is 0 Å². The van der Waals surface area contributed by atoms with Crippen LogP contribution in [0.5, 0.6) is 0 Å². The summed E-state index contributed by atoms with van der Waals surface area (Å²) in [6.45, 7) is 2.86. The fourth-order valence-corrected chi connectivity index (χ4v) is 2.95. The Balaban J connectivity index is 1.72. The van der Waals surface area contributed by atoms with Crippen LogP contribution in [-0.2, 0) is 13.0 Å². The van der Waals surface area contributed by atoms with Crippen LogP contribution in [0.15, 0.2) is 28.8 Å². The summed E-state index contributed by atoms with van der Waals surface area (Å²) in [5.74, 6) is -0.442. The van der Waals surface area contributed by atoms with E-state index in [1.165, 1.54) is 6.07 Å². The number of halogens is 1. The lowest BCUT2D eigenvalue weighted by Gasteiger charge is -2.25. The normalized spacial score (nSPS) is 14.4. The first-order valence-electron chi connectivity index (χ1n) is 7.13. The summed E-state index contributed by atoms with van der Waals surface area (Å²) < 4.78 is 19.3. The molecule has 1 aliphatic rings. The van der Waals surface area contributed by atoms with Crippen molar-refractivity contribution >= 4 is 16.9 Å². The molecular formula is C16H14FN3O2. The van der Waals surface area contributed by atoms with Gasteiger partial charge in [-0.2, -0.15) is 5.10 Å². The Bertz CT molecular complexity index is 881. The number of H-pyrrole nitrogens is 1. The van der Waals surface area contributed by atoms with E-state index in [1.807, 2.05) is 0 Å². The molecule has 0 saturated carbocycles. The minimum atomic E-state index is -0.449. The summed E-state index contributed by atoms with van der Waals surface area (Å²) in [6.07, 6.45) is 2.47. The average molecular weight is 299 g/mol. The summed E-state index contributed by atoms with van der Waals surface area (Å²) in [4.78, 5) is 14.4. The minimum absolute atomic E-state index is 0.143. The number of aromatic amines is 1. The van der Waals surface area contributed by atoms with E-state index in [-0.39, 0.29) is 17.3 Å². The summed E-state index contributed by atoms with van der Waals surface area (Å²) in [6, 6.07) is 4.71. The largest absolute Gasteiger partial charge is 0.448 e. The summed E-state index contributed by atoms with van der Waals surface area (Å²) in [5.41, 5.74) is 2.90. The second-order valence-corrected chi connectivity index (χ2v) is 5.52. The molecule has 0 unspecified atom stereocenters. The number of amides is 1. The number of fused-ring (bicyclic) bond motifs is 2. The highest BCUT2D eigenvalue weighted by atomic mass is 19.1. The number of aromatic nitrogens is 2. The number of nitrogens with zero attached hydrogens (tertiary/aromatic N) is 2. The number of aryl methyl sites for hydroxylation is 1. The molecule has 2 aromatic heterocycles. The van der Waals surface area contributed by atoms with Crippen LogP contribution >= 0.6 is 0 Å². The second-order valence-electron chi connectivity index (χ2n) is 5.52. The lowest BCUT2D eigenvalue weighted by Crippen LogP contribution is -2.35. The first-order chi connectivity index (χ1) is 10.6. The third-order valence-electron chi connectivity index (χ3n) is 4.20. The Morgan fingerprint density at radius 2 is 2.32 bits per heavy atom. The van der Waals surface area contributed by atoms with Gasteiger partial charge in [0.05, 0.1) is 6.20 Å². The zero-order valence-electron chi connectivity index (χ0n) is 12.0. The molecule has 4 rings (SSSR count). The highest BCUT2D eigenvalue weighted by molar-refractivity contribution is 5.99. The Labute approximate surface area is 125 Å². The van der Waals surface area contributed by atoms with Crippen LogP contribution in [0, 0.1) is 12.7 Å². The number of furan rings is 1. The van der Waals surface area contributed by atoms with Gasteiger partial charge in [0.2, 0.25) is 0 Å². The van der Waals surface area contributed by atoms with E-state index in [4.69, 9.17) is 4.42 Å². The van der Waals surface area contributed by atoms with Crippen LogP contribution in [0.2, 0.25) is 0 Å². The molecule has 1 amide bonds. The summed E-state index contributed by atoms with van der Waals surface area (Å²) in [7, 11) is 0. The minimum Gasteiger partial charge on any atom is -0.448 e. The Morgan fingerprint density at radius 1 is 1.45 bits per heavy atom. The van der Waals surface area contributed by atoms with E-state index in [9.17, 15) is 9.18 Å². The van der Waals surface area contributed by atoms with Gasteiger partial charge in [-0.1, -0.05) is 12.1 Å². The SMILES string of the molecule is Cc1c(C(=O)N2CCc3[nH]ncc3C2)oc2c(F)cccc12. The van der Waals surface area contributed by atoms with Crippen LogP contribution in [0.25, 0.3) is 11.0 Å². The van der Waals surface area contributed by atoms with Gasteiger partial charge in [-0.25, -0.2) is 4.39 Å².